The predicted octanol–water partition coefficient (Wildman–Crippen LogP) is 3.68. The van der Waals surface area contributed by atoms with Gasteiger partial charge in [0.25, 0.3) is 0 Å². The number of Topliss-reactive ketones (excluding diaryl/α,β-unsaturated/α-hetero) is 1. The Balaban J connectivity index is 2.42. The molecular weight excluding hydrogens is 278 g/mol. The summed E-state index contributed by atoms with van der Waals surface area (Å²) in [5, 5.41) is 8.54. The molecule has 0 saturated heterocycles. The van der Waals surface area contributed by atoms with Gasteiger partial charge in [0.1, 0.15) is 11.6 Å². The van der Waals surface area contributed by atoms with Gasteiger partial charge in [0.2, 0.25) is 0 Å². The molecule has 0 amide bonds. The van der Waals surface area contributed by atoms with E-state index in [1.807, 2.05) is 0 Å². The van der Waals surface area contributed by atoms with Crippen LogP contribution in [0.25, 0.3) is 11.1 Å². The van der Waals surface area contributed by atoms with Gasteiger partial charge in [-0.05, 0) is 17.7 Å². The summed E-state index contributed by atoms with van der Waals surface area (Å²) < 4.78 is 28.1. The minimum Gasteiger partial charge on any atom is -0.481 e. The van der Waals surface area contributed by atoms with Crippen LogP contribution in [0.5, 0.6) is 0 Å². The monoisotopic (exact) mass is 290 g/mol. The summed E-state index contributed by atoms with van der Waals surface area (Å²) >= 11 is 0. The van der Waals surface area contributed by atoms with Gasteiger partial charge in [0.05, 0.1) is 12.0 Å². The maximum absolute atomic E-state index is 14.4. The first kappa shape index (κ1) is 14.8. The molecular formula is C16H12F2O3. The molecule has 0 heterocycles. The summed E-state index contributed by atoms with van der Waals surface area (Å²) in [6.07, 6.45) is -0.908. The lowest BCUT2D eigenvalue weighted by Crippen LogP contribution is -2.09. The zero-order valence-electron chi connectivity index (χ0n) is 11.0. The average molecular weight is 290 g/mol. The molecule has 0 aliphatic carbocycles. The highest BCUT2D eigenvalue weighted by Gasteiger charge is 2.21. The van der Waals surface area contributed by atoms with E-state index in [4.69, 9.17) is 5.11 Å². The molecule has 1 N–H and O–H groups in total. The third-order valence-corrected chi connectivity index (χ3v) is 3.02. The Bertz CT molecular complexity index is 681. The first-order chi connectivity index (χ1) is 10.0. The van der Waals surface area contributed by atoms with Crippen molar-refractivity contribution in [3.05, 3.63) is 59.7 Å². The van der Waals surface area contributed by atoms with E-state index in [2.05, 4.69) is 0 Å². The maximum atomic E-state index is 14.4. The van der Waals surface area contributed by atoms with Crippen molar-refractivity contribution >= 4 is 11.8 Å². The van der Waals surface area contributed by atoms with Crippen LogP contribution in [-0.2, 0) is 4.79 Å². The van der Waals surface area contributed by atoms with Crippen LogP contribution in [0, 0.1) is 11.6 Å². The molecule has 0 spiro atoms. The van der Waals surface area contributed by atoms with Gasteiger partial charge in [-0.15, -0.1) is 0 Å². The molecule has 2 aromatic carbocycles. The molecule has 0 radical (unpaired) electrons. The van der Waals surface area contributed by atoms with Gasteiger partial charge >= 0.3 is 5.97 Å². The van der Waals surface area contributed by atoms with E-state index in [9.17, 15) is 18.4 Å². The number of carboxylic acids is 1. The molecule has 0 aromatic heterocycles. The van der Waals surface area contributed by atoms with Crippen LogP contribution in [-0.4, -0.2) is 16.9 Å². The summed E-state index contributed by atoms with van der Waals surface area (Å²) in [6.45, 7) is 0. The minimum atomic E-state index is -1.19. The van der Waals surface area contributed by atoms with Gasteiger partial charge in [0, 0.05) is 12.0 Å². The molecule has 0 bridgehead atoms. The Hall–Kier alpha value is -2.56. The number of hydrogen-bond acceptors (Lipinski definition) is 2. The van der Waals surface area contributed by atoms with Crippen LogP contribution < -0.4 is 0 Å². The molecule has 3 nitrogen and oxygen atoms in total. The van der Waals surface area contributed by atoms with Crippen LogP contribution in [0.1, 0.15) is 23.2 Å². The van der Waals surface area contributed by atoms with Crippen LogP contribution in [0.4, 0.5) is 8.78 Å². The lowest BCUT2D eigenvalue weighted by molar-refractivity contribution is -0.136. The van der Waals surface area contributed by atoms with Crippen molar-refractivity contribution in [3.63, 3.8) is 0 Å². The highest BCUT2D eigenvalue weighted by molar-refractivity contribution is 5.99. The fourth-order valence-electron chi connectivity index (χ4n) is 1.99. The summed E-state index contributed by atoms with van der Waals surface area (Å²) in [5.74, 6) is -3.99. The summed E-state index contributed by atoms with van der Waals surface area (Å²) in [6, 6.07) is 10.7. The van der Waals surface area contributed by atoms with Gasteiger partial charge in [-0.1, -0.05) is 30.3 Å². The number of halogens is 2. The lowest BCUT2D eigenvalue weighted by Gasteiger charge is -2.09. The molecule has 108 valence electrons. The quantitative estimate of drug-likeness (QED) is 0.855. The summed E-state index contributed by atoms with van der Waals surface area (Å²) in [7, 11) is 0. The SMILES string of the molecule is O=C(O)CCC(=O)c1c(F)ccc(-c2ccccc2)c1F. The van der Waals surface area contributed by atoms with E-state index < -0.39 is 41.8 Å². The van der Waals surface area contributed by atoms with Crippen molar-refractivity contribution in [1.29, 1.82) is 0 Å². The zero-order valence-corrected chi connectivity index (χ0v) is 11.0. The van der Waals surface area contributed by atoms with Gasteiger partial charge in [-0.2, -0.15) is 0 Å². The second kappa shape index (κ2) is 6.26. The standard InChI is InChI=1S/C16H12F2O3/c17-12-7-6-11(10-4-2-1-3-5-10)16(18)15(12)13(19)8-9-14(20)21/h1-7H,8-9H2,(H,20,21). The number of carbonyl (C=O) groups excluding carboxylic acids is 1. The molecule has 0 unspecified atom stereocenters. The maximum Gasteiger partial charge on any atom is 0.303 e. The number of ketones is 1. The molecule has 0 fully saturated rings. The number of carboxylic acid groups (broad SMARTS) is 1. The first-order valence-electron chi connectivity index (χ1n) is 6.29. The molecule has 0 atom stereocenters. The number of rotatable bonds is 5. The van der Waals surface area contributed by atoms with E-state index in [-0.39, 0.29) is 5.56 Å². The smallest absolute Gasteiger partial charge is 0.303 e. The Labute approximate surface area is 119 Å². The zero-order chi connectivity index (χ0) is 15.4. The first-order valence-corrected chi connectivity index (χ1v) is 6.29. The van der Waals surface area contributed by atoms with Crippen LogP contribution >= 0.6 is 0 Å². The molecule has 2 rings (SSSR count). The second-order valence-corrected chi connectivity index (χ2v) is 4.47. The molecule has 2 aromatic rings. The molecule has 0 aliphatic heterocycles. The van der Waals surface area contributed by atoms with Crippen molar-refractivity contribution in [2.75, 3.05) is 0 Å². The fourth-order valence-corrected chi connectivity index (χ4v) is 1.99. The van der Waals surface area contributed by atoms with E-state index in [1.54, 1.807) is 30.3 Å². The third kappa shape index (κ3) is 3.31. The van der Waals surface area contributed by atoms with Crippen LogP contribution in [0.2, 0.25) is 0 Å². The number of hydrogen-bond donors (Lipinski definition) is 1. The average Bonchev–Trinajstić information content (AvgIpc) is 2.46. The van der Waals surface area contributed by atoms with Gasteiger partial charge < -0.3 is 5.11 Å². The van der Waals surface area contributed by atoms with E-state index in [0.717, 1.165) is 6.07 Å². The summed E-state index contributed by atoms with van der Waals surface area (Å²) in [5.41, 5.74) is -0.0597. The highest BCUT2D eigenvalue weighted by Crippen LogP contribution is 2.27. The highest BCUT2D eigenvalue weighted by atomic mass is 19.1. The lowest BCUT2D eigenvalue weighted by atomic mass is 9.98. The largest absolute Gasteiger partial charge is 0.481 e. The van der Waals surface area contributed by atoms with Crippen LogP contribution in [0.15, 0.2) is 42.5 Å². The van der Waals surface area contributed by atoms with Crippen molar-refractivity contribution in [2.45, 2.75) is 12.8 Å². The normalized spacial score (nSPS) is 10.4. The topological polar surface area (TPSA) is 54.4 Å². The van der Waals surface area contributed by atoms with Gasteiger partial charge in [-0.25, -0.2) is 8.78 Å². The van der Waals surface area contributed by atoms with Crippen molar-refractivity contribution in [2.24, 2.45) is 0 Å². The van der Waals surface area contributed by atoms with Gasteiger partial charge in [-0.3, -0.25) is 9.59 Å². The number of aliphatic carboxylic acids is 1. The fraction of sp³-hybridized carbons (Fsp3) is 0.125. The molecule has 0 aliphatic rings. The second-order valence-electron chi connectivity index (χ2n) is 4.47. The number of carbonyl (C=O) groups is 2. The Kier molecular flexibility index (Phi) is 4.42. The number of benzene rings is 2. The Morgan fingerprint density at radius 3 is 2.24 bits per heavy atom. The van der Waals surface area contributed by atoms with E-state index >= 15 is 0 Å². The Morgan fingerprint density at radius 1 is 0.952 bits per heavy atom. The van der Waals surface area contributed by atoms with Crippen LogP contribution in [0.3, 0.4) is 0 Å². The molecule has 21 heavy (non-hydrogen) atoms. The van der Waals surface area contributed by atoms with Crippen molar-refractivity contribution in [3.8, 4) is 11.1 Å². The van der Waals surface area contributed by atoms with Crippen molar-refractivity contribution in [1.82, 2.24) is 0 Å². The van der Waals surface area contributed by atoms with Crippen molar-refractivity contribution < 1.29 is 23.5 Å². The predicted molar refractivity (Wildman–Crippen MR) is 73.0 cm³/mol. The van der Waals surface area contributed by atoms with Gasteiger partial charge in [0.15, 0.2) is 5.78 Å². The molecule has 0 saturated carbocycles. The van der Waals surface area contributed by atoms with E-state index in [0.29, 0.717) is 5.56 Å². The van der Waals surface area contributed by atoms with E-state index in [1.165, 1.54) is 6.07 Å². The minimum absolute atomic E-state index is 0.107. The summed E-state index contributed by atoms with van der Waals surface area (Å²) in [4.78, 5) is 22.3. The third-order valence-electron chi connectivity index (χ3n) is 3.02. The Morgan fingerprint density at radius 2 is 1.62 bits per heavy atom. The molecule has 5 heteroatoms.